The molecule has 1 amide bonds. The summed E-state index contributed by atoms with van der Waals surface area (Å²) in [4.78, 5) is 35.2. The molecule has 1 aromatic heterocycles. The van der Waals surface area contributed by atoms with E-state index in [4.69, 9.17) is 5.11 Å². The average Bonchev–Trinajstić information content (AvgIpc) is 2.54. The first kappa shape index (κ1) is 12.8. The highest BCUT2D eigenvalue weighted by atomic mass is 32.1. The number of hydrogen-bond donors (Lipinski definition) is 1. The molecule has 0 bridgehead atoms. The molecule has 18 heavy (non-hydrogen) atoms. The average molecular weight is 270 g/mol. The van der Waals surface area contributed by atoms with Crippen molar-refractivity contribution in [2.75, 3.05) is 13.1 Å². The molecule has 0 unspecified atom stereocenters. The van der Waals surface area contributed by atoms with Crippen LogP contribution in [0, 0.1) is 12.8 Å². The van der Waals surface area contributed by atoms with E-state index in [-0.39, 0.29) is 29.7 Å². The molecule has 0 radical (unpaired) electrons. The highest BCUT2D eigenvalue weighted by Gasteiger charge is 2.32. The van der Waals surface area contributed by atoms with Crippen LogP contribution in [0.4, 0.5) is 0 Å². The van der Waals surface area contributed by atoms with Gasteiger partial charge in [0.2, 0.25) is 5.91 Å². The van der Waals surface area contributed by atoms with Crippen molar-refractivity contribution in [3.8, 4) is 0 Å². The summed E-state index contributed by atoms with van der Waals surface area (Å²) in [5, 5.41) is 10.3. The molecule has 0 aromatic carbocycles. The maximum atomic E-state index is 11.9. The Morgan fingerprint density at radius 1 is 1.50 bits per heavy atom. The number of carboxylic acids is 1. The Kier molecular flexibility index (Phi) is 3.51. The van der Waals surface area contributed by atoms with Crippen molar-refractivity contribution in [3.63, 3.8) is 0 Å². The van der Waals surface area contributed by atoms with Crippen LogP contribution in [0.3, 0.4) is 0 Å². The molecule has 1 aliphatic rings. The van der Waals surface area contributed by atoms with Crippen molar-refractivity contribution < 1.29 is 14.7 Å². The minimum Gasteiger partial charge on any atom is -0.481 e. The molecule has 0 saturated carbocycles. The molecule has 1 aromatic rings. The number of nitrogens with zero attached hydrogens (tertiary/aromatic N) is 2. The third-order valence-corrected chi connectivity index (χ3v) is 3.92. The fraction of sp³-hybridized carbons (Fsp3) is 0.545. The lowest BCUT2D eigenvalue weighted by Gasteiger charge is -2.38. The second-order valence-electron chi connectivity index (χ2n) is 4.49. The first-order chi connectivity index (χ1) is 8.47. The summed E-state index contributed by atoms with van der Waals surface area (Å²) in [7, 11) is 0. The van der Waals surface area contributed by atoms with E-state index >= 15 is 0 Å². The Morgan fingerprint density at radius 3 is 2.67 bits per heavy atom. The normalized spacial score (nSPS) is 15.5. The van der Waals surface area contributed by atoms with Gasteiger partial charge in [-0.25, -0.2) is 0 Å². The summed E-state index contributed by atoms with van der Waals surface area (Å²) in [6.45, 7) is 2.79. The topological polar surface area (TPSA) is 79.6 Å². The second kappa shape index (κ2) is 4.93. The van der Waals surface area contributed by atoms with Crippen LogP contribution in [-0.2, 0) is 16.1 Å². The smallest absolute Gasteiger partial charge is 0.307 e. The van der Waals surface area contributed by atoms with Crippen molar-refractivity contribution in [3.05, 3.63) is 20.7 Å². The van der Waals surface area contributed by atoms with Crippen molar-refractivity contribution in [2.45, 2.75) is 19.9 Å². The lowest BCUT2D eigenvalue weighted by molar-refractivity contribution is -0.145. The zero-order valence-electron chi connectivity index (χ0n) is 9.96. The monoisotopic (exact) mass is 270 g/mol. The number of thiazole rings is 1. The third kappa shape index (κ3) is 2.61. The van der Waals surface area contributed by atoms with Crippen molar-refractivity contribution >= 4 is 23.2 Å². The third-order valence-electron chi connectivity index (χ3n) is 3.04. The van der Waals surface area contributed by atoms with Crippen LogP contribution < -0.4 is 4.87 Å². The molecule has 2 rings (SSSR count). The van der Waals surface area contributed by atoms with E-state index in [1.54, 1.807) is 17.2 Å². The van der Waals surface area contributed by atoms with Gasteiger partial charge in [0.25, 0.3) is 0 Å². The van der Waals surface area contributed by atoms with Gasteiger partial charge >= 0.3 is 10.8 Å². The van der Waals surface area contributed by atoms with E-state index in [0.29, 0.717) is 13.1 Å². The van der Waals surface area contributed by atoms with E-state index in [0.717, 1.165) is 17.0 Å². The van der Waals surface area contributed by atoms with Gasteiger partial charge in [-0.15, -0.1) is 0 Å². The molecular formula is C11H14N2O4S. The quantitative estimate of drug-likeness (QED) is 0.844. The number of amides is 1. The largest absolute Gasteiger partial charge is 0.481 e. The maximum absolute atomic E-state index is 11.9. The molecule has 1 saturated heterocycles. The summed E-state index contributed by atoms with van der Waals surface area (Å²) >= 11 is 1.08. The standard InChI is InChI=1S/C11H14N2O4S/c1-7-6-18-11(17)13(7)5-9(14)12-3-8(4-12)2-10(15)16/h6,8H,2-5H2,1H3,(H,15,16). The predicted octanol–water partition coefficient (Wildman–Crippen LogP) is 0.151. The van der Waals surface area contributed by atoms with Crippen molar-refractivity contribution in [1.29, 1.82) is 0 Å². The molecule has 6 nitrogen and oxygen atoms in total. The number of aryl methyl sites for hydroxylation is 1. The molecule has 1 aliphatic heterocycles. The van der Waals surface area contributed by atoms with Crippen molar-refractivity contribution in [2.24, 2.45) is 5.92 Å². The Hall–Kier alpha value is -1.63. The number of aliphatic carboxylic acids is 1. The number of carbonyl (C=O) groups excluding carboxylic acids is 1. The van der Waals surface area contributed by atoms with E-state index in [2.05, 4.69) is 0 Å². The zero-order chi connectivity index (χ0) is 13.3. The minimum absolute atomic E-state index is 0.0479. The van der Waals surface area contributed by atoms with E-state index in [1.165, 1.54) is 4.57 Å². The number of carboxylic acid groups (broad SMARTS) is 1. The Morgan fingerprint density at radius 2 is 2.17 bits per heavy atom. The Balaban J connectivity index is 1.88. The van der Waals surface area contributed by atoms with Gasteiger partial charge < -0.3 is 10.0 Å². The highest BCUT2D eigenvalue weighted by Crippen LogP contribution is 2.19. The van der Waals surface area contributed by atoms with Crippen LogP contribution in [0.2, 0.25) is 0 Å². The zero-order valence-corrected chi connectivity index (χ0v) is 10.8. The van der Waals surface area contributed by atoms with E-state index in [9.17, 15) is 14.4 Å². The number of hydrogen-bond acceptors (Lipinski definition) is 4. The number of aromatic nitrogens is 1. The van der Waals surface area contributed by atoms with E-state index < -0.39 is 5.97 Å². The van der Waals surface area contributed by atoms with Crippen LogP contribution >= 0.6 is 11.3 Å². The summed E-state index contributed by atoms with van der Waals surface area (Å²) in [6.07, 6.45) is 0.0984. The van der Waals surface area contributed by atoms with Gasteiger partial charge in [0.15, 0.2) is 0 Å². The number of likely N-dealkylation sites (tertiary alicyclic amines) is 1. The van der Waals surface area contributed by atoms with Gasteiger partial charge in [0.1, 0.15) is 6.54 Å². The van der Waals surface area contributed by atoms with Gasteiger partial charge in [0, 0.05) is 30.1 Å². The fourth-order valence-electron chi connectivity index (χ4n) is 1.98. The SMILES string of the molecule is Cc1csc(=O)n1CC(=O)N1CC(CC(=O)O)C1. The summed E-state index contributed by atoms with van der Waals surface area (Å²) in [5.74, 6) is -0.913. The number of carbonyl (C=O) groups is 2. The van der Waals surface area contributed by atoms with Crippen LogP contribution in [0.15, 0.2) is 10.2 Å². The number of rotatable bonds is 4. The van der Waals surface area contributed by atoms with E-state index in [1.807, 2.05) is 0 Å². The van der Waals surface area contributed by atoms with Crippen LogP contribution in [0.1, 0.15) is 12.1 Å². The van der Waals surface area contributed by atoms with Gasteiger partial charge in [-0.2, -0.15) is 0 Å². The van der Waals surface area contributed by atoms with Crippen molar-refractivity contribution in [1.82, 2.24) is 9.47 Å². The Labute approximate surface area is 107 Å². The first-order valence-electron chi connectivity index (χ1n) is 5.62. The van der Waals surface area contributed by atoms with Crippen LogP contribution in [0.25, 0.3) is 0 Å². The molecule has 98 valence electrons. The molecule has 2 heterocycles. The Bertz CT molecular complexity index is 527. The van der Waals surface area contributed by atoms with Gasteiger partial charge in [-0.3, -0.25) is 19.0 Å². The maximum Gasteiger partial charge on any atom is 0.307 e. The fourth-order valence-corrected chi connectivity index (χ4v) is 2.72. The second-order valence-corrected chi connectivity index (χ2v) is 5.31. The summed E-state index contributed by atoms with van der Waals surface area (Å²) in [5.41, 5.74) is 0.779. The van der Waals surface area contributed by atoms with Crippen LogP contribution in [-0.4, -0.2) is 39.5 Å². The molecule has 7 heteroatoms. The molecule has 1 N–H and O–H groups in total. The molecule has 0 spiro atoms. The summed E-state index contributed by atoms with van der Waals surface area (Å²) in [6, 6.07) is 0. The summed E-state index contributed by atoms with van der Waals surface area (Å²) < 4.78 is 1.44. The highest BCUT2D eigenvalue weighted by molar-refractivity contribution is 7.07. The lowest BCUT2D eigenvalue weighted by Crippen LogP contribution is -2.52. The van der Waals surface area contributed by atoms with Gasteiger partial charge in [-0.05, 0) is 6.92 Å². The molecule has 0 aliphatic carbocycles. The predicted molar refractivity (Wildman–Crippen MR) is 65.6 cm³/mol. The van der Waals surface area contributed by atoms with Crippen LogP contribution in [0.5, 0.6) is 0 Å². The molecular weight excluding hydrogens is 256 g/mol. The van der Waals surface area contributed by atoms with Gasteiger partial charge in [-0.1, -0.05) is 11.3 Å². The minimum atomic E-state index is -0.836. The lowest BCUT2D eigenvalue weighted by atomic mass is 9.96. The van der Waals surface area contributed by atoms with Gasteiger partial charge in [0.05, 0.1) is 6.42 Å². The molecule has 1 fully saturated rings. The first-order valence-corrected chi connectivity index (χ1v) is 6.50. The molecule has 0 atom stereocenters.